The highest BCUT2D eigenvalue weighted by atomic mass is 79.9. The van der Waals surface area contributed by atoms with E-state index in [1.165, 1.54) is 6.20 Å². The van der Waals surface area contributed by atoms with Crippen molar-refractivity contribution in [2.45, 2.75) is 38.8 Å². The predicted molar refractivity (Wildman–Crippen MR) is 81.9 cm³/mol. The minimum atomic E-state index is -3.84. The van der Waals surface area contributed by atoms with E-state index in [9.17, 15) is 13.2 Å². The molecule has 0 fully saturated rings. The number of nitrogens with zero attached hydrogens (tertiary/aromatic N) is 1. The van der Waals surface area contributed by atoms with Crippen LogP contribution in [0.5, 0.6) is 0 Å². The molecule has 3 N–H and O–H groups in total. The van der Waals surface area contributed by atoms with Crippen molar-refractivity contribution in [2.24, 2.45) is 0 Å². The van der Waals surface area contributed by atoms with E-state index in [1.807, 2.05) is 0 Å². The molecule has 1 aromatic rings. The lowest BCUT2D eigenvalue weighted by atomic mass is 10.1. The van der Waals surface area contributed by atoms with E-state index in [1.54, 1.807) is 32.9 Å². The van der Waals surface area contributed by atoms with Gasteiger partial charge in [0.15, 0.2) is 0 Å². The van der Waals surface area contributed by atoms with E-state index in [0.717, 1.165) is 0 Å². The highest BCUT2D eigenvalue weighted by Crippen LogP contribution is 2.20. The molecule has 0 bridgehead atoms. The number of aliphatic carboxylic acids is 1. The minimum Gasteiger partial charge on any atom is -0.481 e. The Kier molecular flexibility index (Phi) is 5.85. The molecule has 0 aromatic carbocycles. The van der Waals surface area contributed by atoms with E-state index < -0.39 is 27.8 Å². The number of pyridine rings is 1. The average Bonchev–Trinajstić information content (AvgIpc) is 2.23. The first kappa shape index (κ1) is 18.0. The lowest BCUT2D eigenvalue weighted by Gasteiger charge is -2.24. The molecular weight excluding hydrogens is 362 g/mol. The van der Waals surface area contributed by atoms with Crippen LogP contribution in [0.15, 0.2) is 22.9 Å². The third-order valence-corrected chi connectivity index (χ3v) is 4.18. The zero-order chi connectivity index (χ0) is 16.3. The van der Waals surface area contributed by atoms with Gasteiger partial charge in [0.2, 0.25) is 0 Å². The molecule has 0 aliphatic rings. The molecule has 0 saturated carbocycles. The molecule has 0 radical (unpaired) electrons. The van der Waals surface area contributed by atoms with Crippen LogP contribution in [0.25, 0.3) is 0 Å². The van der Waals surface area contributed by atoms with Crippen LogP contribution in [-0.2, 0) is 15.0 Å². The molecule has 1 rings (SSSR count). The summed E-state index contributed by atoms with van der Waals surface area (Å²) in [4.78, 5) is 14.9. The molecule has 1 heterocycles. The first-order valence-corrected chi connectivity index (χ1v) is 8.40. The molecule has 1 atom stereocenters. The van der Waals surface area contributed by atoms with Gasteiger partial charge in [-0.15, -0.1) is 0 Å². The number of hydrogen-bond acceptors (Lipinski definition) is 4. The maximum Gasteiger partial charge on any atom is 0.305 e. The van der Waals surface area contributed by atoms with Crippen LogP contribution in [0.2, 0.25) is 0 Å². The molecule has 1 unspecified atom stereocenters. The van der Waals surface area contributed by atoms with Gasteiger partial charge < -0.3 is 5.11 Å². The summed E-state index contributed by atoms with van der Waals surface area (Å²) in [5.74, 6) is -1.11. The SMILES string of the molecule is CC(C)(C)NS(=O)(=O)NC(CC(=O)O)c1ccnc(Br)c1. The van der Waals surface area contributed by atoms with E-state index in [4.69, 9.17) is 5.11 Å². The monoisotopic (exact) mass is 379 g/mol. The summed E-state index contributed by atoms with van der Waals surface area (Å²) in [6.45, 7) is 5.09. The fourth-order valence-electron chi connectivity index (χ4n) is 1.66. The molecule has 0 amide bonds. The van der Waals surface area contributed by atoms with Gasteiger partial charge in [0.1, 0.15) is 4.60 Å². The van der Waals surface area contributed by atoms with Crippen LogP contribution in [-0.4, -0.2) is 30.0 Å². The van der Waals surface area contributed by atoms with E-state index >= 15 is 0 Å². The zero-order valence-electron chi connectivity index (χ0n) is 11.9. The van der Waals surface area contributed by atoms with Crippen LogP contribution in [0.1, 0.15) is 38.8 Å². The third-order valence-electron chi connectivity index (χ3n) is 2.27. The quantitative estimate of drug-likeness (QED) is 0.650. The van der Waals surface area contributed by atoms with Gasteiger partial charge in [-0.2, -0.15) is 17.9 Å². The van der Waals surface area contributed by atoms with Crippen LogP contribution in [0.4, 0.5) is 0 Å². The summed E-state index contributed by atoms with van der Waals surface area (Å²) in [6, 6.07) is 2.26. The molecule has 7 nitrogen and oxygen atoms in total. The van der Waals surface area contributed by atoms with Crippen LogP contribution in [0, 0.1) is 0 Å². The Balaban J connectivity index is 3.02. The molecular formula is C12H18BrN3O4S. The van der Waals surface area contributed by atoms with E-state index in [-0.39, 0.29) is 6.42 Å². The normalized spacial score (nSPS) is 13.9. The molecule has 21 heavy (non-hydrogen) atoms. The fraction of sp³-hybridized carbons (Fsp3) is 0.500. The van der Waals surface area contributed by atoms with Crippen molar-refractivity contribution in [1.82, 2.24) is 14.4 Å². The summed E-state index contributed by atoms with van der Waals surface area (Å²) in [5, 5.41) is 8.96. The Hall–Kier alpha value is -1.03. The maximum absolute atomic E-state index is 12.1. The van der Waals surface area contributed by atoms with E-state index in [0.29, 0.717) is 10.2 Å². The first-order valence-electron chi connectivity index (χ1n) is 6.13. The second kappa shape index (κ2) is 6.82. The first-order chi connectivity index (χ1) is 9.48. The summed E-state index contributed by atoms with van der Waals surface area (Å²) in [7, 11) is -3.84. The number of nitrogens with one attached hydrogen (secondary N) is 2. The van der Waals surface area contributed by atoms with Crippen LogP contribution in [0.3, 0.4) is 0 Å². The fourth-order valence-corrected chi connectivity index (χ4v) is 3.50. The largest absolute Gasteiger partial charge is 0.481 e. The van der Waals surface area contributed by atoms with Crippen molar-refractivity contribution in [2.75, 3.05) is 0 Å². The van der Waals surface area contributed by atoms with Gasteiger partial charge in [-0.1, -0.05) is 0 Å². The van der Waals surface area contributed by atoms with Crippen molar-refractivity contribution < 1.29 is 18.3 Å². The molecule has 0 aliphatic heterocycles. The number of carbonyl (C=O) groups is 1. The number of halogens is 1. The molecule has 0 aliphatic carbocycles. The highest BCUT2D eigenvalue weighted by Gasteiger charge is 2.25. The van der Waals surface area contributed by atoms with Gasteiger partial charge in [0.05, 0.1) is 12.5 Å². The number of carboxylic acids is 1. The Morgan fingerprint density at radius 3 is 2.57 bits per heavy atom. The number of hydrogen-bond donors (Lipinski definition) is 3. The molecule has 1 aromatic heterocycles. The van der Waals surface area contributed by atoms with Gasteiger partial charge >= 0.3 is 5.97 Å². The molecule has 0 saturated heterocycles. The smallest absolute Gasteiger partial charge is 0.305 e. The number of carboxylic acid groups (broad SMARTS) is 1. The topological polar surface area (TPSA) is 108 Å². The number of aromatic nitrogens is 1. The van der Waals surface area contributed by atoms with Crippen LogP contribution >= 0.6 is 15.9 Å². The Morgan fingerprint density at radius 2 is 2.10 bits per heavy atom. The third kappa shape index (κ3) is 6.98. The Bertz CT molecular complexity index is 613. The van der Waals surface area contributed by atoms with Gasteiger partial charge in [0, 0.05) is 11.7 Å². The van der Waals surface area contributed by atoms with Crippen molar-refractivity contribution in [1.29, 1.82) is 0 Å². The average molecular weight is 380 g/mol. The summed E-state index contributed by atoms with van der Waals surface area (Å²) in [5.41, 5.74) is -0.156. The lowest BCUT2D eigenvalue weighted by molar-refractivity contribution is -0.137. The molecule has 118 valence electrons. The maximum atomic E-state index is 12.1. The Morgan fingerprint density at radius 1 is 1.48 bits per heavy atom. The van der Waals surface area contributed by atoms with E-state index in [2.05, 4.69) is 30.4 Å². The van der Waals surface area contributed by atoms with Crippen LogP contribution < -0.4 is 9.44 Å². The molecule has 0 spiro atoms. The van der Waals surface area contributed by atoms with Gasteiger partial charge in [-0.25, -0.2) is 4.98 Å². The Labute approximate surface area is 132 Å². The standard InChI is InChI=1S/C12H18BrN3O4S/c1-12(2,3)16-21(19,20)15-9(7-11(17)18)8-4-5-14-10(13)6-8/h4-6,9,15-16H,7H2,1-3H3,(H,17,18). The van der Waals surface area contributed by atoms with Crippen molar-refractivity contribution in [3.63, 3.8) is 0 Å². The van der Waals surface area contributed by atoms with Crippen molar-refractivity contribution in [3.05, 3.63) is 28.5 Å². The van der Waals surface area contributed by atoms with Gasteiger partial charge in [0.25, 0.3) is 10.2 Å². The minimum absolute atomic E-state index is 0.374. The summed E-state index contributed by atoms with van der Waals surface area (Å²) >= 11 is 3.17. The second-order valence-electron chi connectivity index (χ2n) is 5.54. The summed E-state index contributed by atoms with van der Waals surface area (Å²) < 4.78 is 29.4. The molecule has 9 heteroatoms. The second-order valence-corrected chi connectivity index (χ2v) is 7.79. The summed E-state index contributed by atoms with van der Waals surface area (Å²) in [6.07, 6.45) is 1.10. The van der Waals surface area contributed by atoms with Gasteiger partial charge in [-0.3, -0.25) is 4.79 Å². The van der Waals surface area contributed by atoms with Crippen molar-refractivity contribution >= 4 is 32.1 Å². The van der Waals surface area contributed by atoms with Gasteiger partial charge in [-0.05, 0) is 54.4 Å². The zero-order valence-corrected chi connectivity index (χ0v) is 14.3. The predicted octanol–water partition coefficient (Wildman–Crippen LogP) is 1.58. The highest BCUT2D eigenvalue weighted by molar-refractivity contribution is 9.10. The lowest BCUT2D eigenvalue weighted by Crippen LogP contribution is -2.48. The number of rotatable bonds is 6. The van der Waals surface area contributed by atoms with Crippen molar-refractivity contribution in [3.8, 4) is 0 Å².